The van der Waals surface area contributed by atoms with E-state index in [0.29, 0.717) is 12.8 Å². The normalized spacial score (nSPS) is 15.9. The Morgan fingerprint density at radius 1 is 0.426 bits per heavy atom. The molecular formula is C41H74O9S3Sn. The molecule has 0 saturated heterocycles. The second kappa shape index (κ2) is 31.3. The van der Waals surface area contributed by atoms with Gasteiger partial charge in [-0.1, -0.05) is 0 Å². The van der Waals surface area contributed by atoms with Gasteiger partial charge in [-0.2, -0.15) is 0 Å². The first-order valence-corrected chi connectivity index (χ1v) is 28.1. The third kappa shape index (κ3) is 21.7. The fourth-order valence-corrected chi connectivity index (χ4v) is 14.5. The van der Waals surface area contributed by atoms with Gasteiger partial charge in [0.2, 0.25) is 0 Å². The van der Waals surface area contributed by atoms with Crippen LogP contribution < -0.4 is 0 Å². The van der Waals surface area contributed by atoms with Crippen LogP contribution in [-0.4, -0.2) is 70.6 Å². The van der Waals surface area contributed by atoms with Crippen molar-refractivity contribution in [2.75, 3.05) is 0 Å². The van der Waals surface area contributed by atoms with E-state index in [1.807, 2.05) is 20.8 Å². The predicted molar refractivity (Wildman–Crippen MR) is 229 cm³/mol. The van der Waals surface area contributed by atoms with Gasteiger partial charge in [0.1, 0.15) is 0 Å². The summed E-state index contributed by atoms with van der Waals surface area (Å²) in [6.45, 7) is 14.3. The van der Waals surface area contributed by atoms with E-state index < -0.39 is 70.6 Å². The van der Waals surface area contributed by atoms with E-state index in [-0.39, 0.29) is 41.5 Å². The molecule has 0 aromatic rings. The quantitative estimate of drug-likeness (QED) is 0.0250. The van der Waals surface area contributed by atoms with E-state index in [1.165, 1.54) is 0 Å². The first-order chi connectivity index (χ1) is 25.7. The summed E-state index contributed by atoms with van der Waals surface area (Å²) in [6.07, 6.45) is 15.8. The van der Waals surface area contributed by atoms with Crippen LogP contribution in [0, 0.1) is 17.8 Å². The molecule has 0 bridgehead atoms. The van der Waals surface area contributed by atoms with Crippen LogP contribution in [0.3, 0.4) is 0 Å². The average Bonchev–Trinajstić information content (AvgIpc) is 3.16. The summed E-state index contributed by atoms with van der Waals surface area (Å²) in [4.78, 5) is 81.3. The Balaban J connectivity index is 6.69. The van der Waals surface area contributed by atoms with Gasteiger partial charge in [0.05, 0.1) is 0 Å². The number of hydrogen-bond donors (Lipinski definition) is 3. The van der Waals surface area contributed by atoms with E-state index in [9.17, 15) is 28.8 Å². The van der Waals surface area contributed by atoms with E-state index >= 15 is 0 Å². The molecule has 0 aliphatic carbocycles. The fourth-order valence-electron chi connectivity index (χ4n) is 6.38. The van der Waals surface area contributed by atoms with Crippen molar-refractivity contribution >= 4 is 92.8 Å². The molecule has 0 aromatic carbocycles. The molecule has 6 unspecified atom stereocenters. The standard InChI is InChI=1S/3C11H20O3S.C8H17.Sn/c3*1-3-5-6-8(4-2)7-9(12)10(15)11(13)14;1-3-5-7-8-6-4-2;/h3*8,10,15H,3-7H2,1-2H3,(H,13,14);1,3-8H2,2H3;/q;;;;+3/p-3. The molecule has 0 saturated carbocycles. The third-order valence-electron chi connectivity index (χ3n) is 10.3. The minimum atomic E-state index is -5.79. The third-order valence-corrected chi connectivity index (χ3v) is 18.9. The van der Waals surface area contributed by atoms with Gasteiger partial charge in [0.15, 0.2) is 0 Å². The molecule has 0 aromatic heterocycles. The summed E-state index contributed by atoms with van der Waals surface area (Å²) in [6, 6.07) is 0. The molecule has 9 nitrogen and oxygen atoms in total. The van der Waals surface area contributed by atoms with Crippen molar-refractivity contribution in [3.8, 4) is 0 Å². The second-order valence-electron chi connectivity index (χ2n) is 14.9. The van der Waals surface area contributed by atoms with E-state index in [2.05, 4.69) is 65.6 Å². The molecule has 54 heavy (non-hydrogen) atoms. The summed E-state index contributed by atoms with van der Waals surface area (Å²) in [5, 5.41) is -4.52. The molecule has 0 amide bonds. The number of unbranched alkanes of at least 4 members (excludes halogenated alkanes) is 8. The molecule has 0 N–H and O–H groups in total. The van der Waals surface area contributed by atoms with Gasteiger partial charge >= 0.3 is 352 Å². The fraction of sp³-hybridized carbons (Fsp3) is 0.854. The van der Waals surface area contributed by atoms with E-state index in [4.69, 9.17) is 9.22 Å². The van der Waals surface area contributed by atoms with Gasteiger partial charge < -0.3 is 0 Å². The number of carbonyl (C=O) groups is 6. The van der Waals surface area contributed by atoms with Crippen molar-refractivity contribution in [2.45, 2.75) is 203 Å². The number of rotatable bonds is 34. The molecular weight excluding hydrogens is 851 g/mol. The summed E-state index contributed by atoms with van der Waals surface area (Å²) in [5.41, 5.74) is 0. The van der Waals surface area contributed by atoms with Crippen molar-refractivity contribution in [1.82, 2.24) is 0 Å². The molecule has 0 heterocycles. The van der Waals surface area contributed by atoms with E-state index in [1.54, 1.807) is 0 Å². The van der Waals surface area contributed by atoms with Crippen LogP contribution in [0.1, 0.15) is 183 Å². The summed E-state index contributed by atoms with van der Waals surface area (Å²) in [5.74, 6) is -4.35. The molecule has 6 atom stereocenters. The number of Topliss-reactive ketones (excluding diaryl/α,β-unsaturated/α-hetero) is 3. The molecule has 0 aliphatic heterocycles. The van der Waals surface area contributed by atoms with Gasteiger partial charge in [-0.25, -0.2) is 0 Å². The SMILES string of the molecule is CCCCCCC[CH2][Sn]([O]C(=O)C(S)C(=O)CC(CC)CCCC)([O]C(=O)C(S)C(=O)CC(CC)CCCC)[O]C(=O)C(S)C(=O)CC(CC)CCCC. The van der Waals surface area contributed by atoms with Crippen LogP contribution in [0.5, 0.6) is 0 Å². The molecule has 13 heteroatoms. The van der Waals surface area contributed by atoms with Gasteiger partial charge in [-0.05, 0) is 0 Å². The van der Waals surface area contributed by atoms with Crippen LogP contribution in [0.4, 0.5) is 0 Å². The van der Waals surface area contributed by atoms with Crippen molar-refractivity contribution in [2.24, 2.45) is 17.8 Å². The van der Waals surface area contributed by atoms with E-state index in [0.717, 1.165) is 103 Å². The first-order valence-electron chi connectivity index (χ1n) is 21.0. The number of ketones is 3. The van der Waals surface area contributed by atoms with Crippen molar-refractivity contribution in [3.05, 3.63) is 0 Å². The molecule has 0 fully saturated rings. The van der Waals surface area contributed by atoms with Crippen molar-refractivity contribution in [3.63, 3.8) is 0 Å². The molecule has 0 aliphatic rings. The van der Waals surface area contributed by atoms with Gasteiger partial charge in [0, 0.05) is 0 Å². The maximum absolute atomic E-state index is 13.8. The monoisotopic (exact) mass is 926 g/mol. The Morgan fingerprint density at radius 3 is 0.981 bits per heavy atom. The summed E-state index contributed by atoms with van der Waals surface area (Å²) < 4.78 is 17.8. The Labute approximate surface area is 349 Å². The van der Waals surface area contributed by atoms with Crippen LogP contribution in [0.2, 0.25) is 4.44 Å². The zero-order valence-corrected chi connectivity index (χ0v) is 40.1. The van der Waals surface area contributed by atoms with Crippen molar-refractivity contribution < 1.29 is 38.0 Å². The Morgan fingerprint density at radius 2 is 0.704 bits per heavy atom. The Kier molecular flexibility index (Phi) is 30.9. The molecule has 0 spiro atoms. The predicted octanol–water partition coefficient (Wildman–Crippen LogP) is 10.3. The summed E-state index contributed by atoms with van der Waals surface area (Å²) in [7, 11) is 0. The van der Waals surface area contributed by atoms with Gasteiger partial charge in [0.25, 0.3) is 0 Å². The van der Waals surface area contributed by atoms with Crippen LogP contribution >= 0.6 is 37.9 Å². The second-order valence-corrected chi connectivity index (χ2v) is 23.6. The van der Waals surface area contributed by atoms with Gasteiger partial charge in [-0.3, -0.25) is 0 Å². The summed E-state index contributed by atoms with van der Waals surface area (Å²) >= 11 is 7.28. The molecule has 314 valence electrons. The number of thiol groups is 3. The van der Waals surface area contributed by atoms with Crippen molar-refractivity contribution in [1.29, 1.82) is 0 Å². The van der Waals surface area contributed by atoms with Crippen LogP contribution in [0.15, 0.2) is 0 Å². The number of carbonyl (C=O) groups excluding carboxylic acids is 6. The van der Waals surface area contributed by atoms with Crippen LogP contribution in [0.25, 0.3) is 0 Å². The zero-order valence-electron chi connectivity index (χ0n) is 34.5. The minimum absolute atomic E-state index is 0.0624. The maximum atomic E-state index is 13.8. The Bertz CT molecular complexity index is 1000. The number of hydrogen-bond acceptors (Lipinski definition) is 12. The van der Waals surface area contributed by atoms with Gasteiger partial charge in [-0.15, -0.1) is 0 Å². The zero-order chi connectivity index (χ0) is 41.1. The first kappa shape index (κ1) is 53.3. The Hall–Kier alpha value is -0.731. The molecule has 0 rings (SSSR count). The molecule has 0 radical (unpaired) electrons. The topological polar surface area (TPSA) is 130 Å². The average molecular weight is 926 g/mol. The van der Waals surface area contributed by atoms with Crippen LogP contribution in [-0.2, 0) is 38.0 Å².